The summed E-state index contributed by atoms with van der Waals surface area (Å²) in [4.78, 5) is 11.3. The van der Waals surface area contributed by atoms with Crippen LogP contribution < -0.4 is 0 Å². The molecule has 0 spiro atoms. The van der Waals surface area contributed by atoms with Gasteiger partial charge in [-0.1, -0.05) is 33.1 Å². The van der Waals surface area contributed by atoms with Crippen molar-refractivity contribution >= 4 is 14.0 Å². The monoisotopic (exact) mass is 200 g/mol. The third-order valence-corrected chi connectivity index (χ3v) is 2.96. The van der Waals surface area contributed by atoms with Gasteiger partial charge in [0.05, 0.1) is 6.61 Å². The molecule has 0 atom stereocenters. The average Bonchev–Trinajstić information content (AvgIpc) is 1.96. The van der Waals surface area contributed by atoms with Gasteiger partial charge < -0.3 is 4.74 Å². The van der Waals surface area contributed by atoms with Gasteiger partial charge in [0, 0.05) is 13.6 Å². The largest absolute Gasteiger partial charge is 0.462 e. The Hall–Kier alpha value is -0.573. The molecule has 0 aliphatic rings. The Morgan fingerprint density at radius 2 is 1.92 bits per heavy atom. The molecule has 0 N–H and O–H groups in total. The van der Waals surface area contributed by atoms with E-state index >= 15 is 0 Å². The second-order valence-corrected chi connectivity index (χ2v) is 9.95. The Balaban J connectivity index is 3.91. The number of carbonyl (C=O) groups excluding carboxylic acids is 1. The molecular weight excluding hydrogens is 180 g/mol. The second-order valence-electron chi connectivity index (χ2n) is 4.48. The van der Waals surface area contributed by atoms with Crippen LogP contribution in [0.3, 0.4) is 0 Å². The van der Waals surface area contributed by atoms with Gasteiger partial charge in [-0.15, -0.1) is 0 Å². The molecule has 0 amide bonds. The van der Waals surface area contributed by atoms with Gasteiger partial charge in [0.25, 0.3) is 0 Å². The van der Waals surface area contributed by atoms with E-state index in [4.69, 9.17) is 4.74 Å². The standard InChI is InChI=1S/C10H20O2Si/c1-6-7-12-10(11)9(2)8-13(3,4)5/h2,6-8H2,1,3-5H3. The molecule has 0 aliphatic heterocycles. The maximum absolute atomic E-state index is 11.3. The first-order chi connectivity index (χ1) is 5.87. The highest BCUT2D eigenvalue weighted by Crippen LogP contribution is 2.15. The lowest BCUT2D eigenvalue weighted by molar-refractivity contribution is -0.138. The number of rotatable bonds is 5. The van der Waals surface area contributed by atoms with E-state index in [1.807, 2.05) is 6.92 Å². The van der Waals surface area contributed by atoms with Crippen LogP contribution in [0.4, 0.5) is 0 Å². The van der Waals surface area contributed by atoms with E-state index in [0.29, 0.717) is 12.2 Å². The second kappa shape index (κ2) is 5.22. The summed E-state index contributed by atoms with van der Waals surface area (Å²) in [6.07, 6.45) is 0.867. The molecule has 13 heavy (non-hydrogen) atoms. The fourth-order valence-electron chi connectivity index (χ4n) is 1.01. The molecule has 0 unspecified atom stereocenters. The van der Waals surface area contributed by atoms with Crippen molar-refractivity contribution in [2.45, 2.75) is 39.0 Å². The highest BCUT2D eigenvalue weighted by molar-refractivity contribution is 6.77. The minimum atomic E-state index is -1.22. The zero-order valence-electron chi connectivity index (χ0n) is 9.14. The lowest BCUT2D eigenvalue weighted by Crippen LogP contribution is -2.23. The number of carbonyl (C=O) groups is 1. The van der Waals surface area contributed by atoms with E-state index in [1.165, 1.54) is 0 Å². The quantitative estimate of drug-likeness (QED) is 0.387. The highest BCUT2D eigenvalue weighted by atomic mass is 28.3. The summed E-state index contributed by atoms with van der Waals surface area (Å²) in [5.41, 5.74) is 0.632. The first kappa shape index (κ1) is 12.4. The van der Waals surface area contributed by atoms with Gasteiger partial charge in [-0.3, -0.25) is 0 Å². The van der Waals surface area contributed by atoms with Gasteiger partial charge in [0.1, 0.15) is 0 Å². The maximum Gasteiger partial charge on any atom is 0.333 e. The topological polar surface area (TPSA) is 26.3 Å². The zero-order chi connectivity index (χ0) is 10.5. The van der Waals surface area contributed by atoms with Crippen molar-refractivity contribution in [3.8, 4) is 0 Å². The SMILES string of the molecule is C=C(C[Si](C)(C)C)C(=O)OCCC. The Kier molecular flexibility index (Phi) is 4.99. The normalized spacial score (nSPS) is 11.1. The Morgan fingerprint density at radius 3 is 2.31 bits per heavy atom. The van der Waals surface area contributed by atoms with Gasteiger partial charge in [-0.2, -0.15) is 0 Å². The molecule has 0 aliphatic carbocycles. The number of esters is 1. The van der Waals surface area contributed by atoms with Crippen LogP contribution in [0.25, 0.3) is 0 Å². The lowest BCUT2D eigenvalue weighted by atomic mass is 10.3. The smallest absolute Gasteiger partial charge is 0.333 e. The molecule has 76 valence electrons. The summed E-state index contributed by atoms with van der Waals surface area (Å²) in [7, 11) is -1.22. The van der Waals surface area contributed by atoms with Crippen molar-refractivity contribution in [3.05, 3.63) is 12.2 Å². The van der Waals surface area contributed by atoms with Gasteiger partial charge >= 0.3 is 5.97 Å². The van der Waals surface area contributed by atoms with Crippen LogP contribution in [0.2, 0.25) is 25.7 Å². The van der Waals surface area contributed by atoms with Crippen LogP contribution >= 0.6 is 0 Å². The summed E-state index contributed by atoms with van der Waals surface area (Å²) >= 11 is 0. The number of hydrogen-bond acceptors (Lipinski definition) is 2. The molecule has 0 bridgehead atoms. The van der Waals surface area contributed by atoms with Crippen LogP contribution in [0, 0.1) is 0 Å². The zero-order valence-corrected chi connectivity index (χ0v) is 10.1. The third kappa shape index (κ3) is 6.58. The van der Waals surface area contributed by atoms with Crippen LogP contribution in [-0.4, -0.2) is 20.7 Å². The van der Waals surface area contributed by atoms with Gasteiger partial charge in [0.15, 0.2) is 0 Å². The molecule has 0 aromatic carbocycles. The first-order valence-electron chi connectivity index (χ1n) is 4.71. The molecular formula is C10H20O2Si. The average molecular weight is 200 g/mol. The summed E-state index contributed by atoms with van der Waals surface area (Å²) in [5, 5.41) is 0. The predicted octanol–water partition coefficient (Wildman–Crippen LogP) is 2.83. The molecule has 0 heterocycles. The van der Waals surface area contributed by atoms with Crippen molar-refractivity contribution in [3.63, 3.8) is 0 Å². The van der Waals surface area contributed by atoms with Crippen molar-refractivity contribution in [1.29, 1.82) is 0 Å². The molecule has 0 rings (SSSR count). The maximum atomic E-state index is 11.3. The van der Waals surface area contributed by atoms with Crippen molar-refractivity contribution in [2.75, 3.05) is 6.61 Å². The predicted molar refractivity (Wildman–Crippen MR) is 58.5 cm³/mol. The summed E-state index contributed by atoms with van der Waals surface area (Å²) in [5.74, 6) is -0.218. The number of hydrogen-bond donors (Lipinski definition) is 0. The molecule has 0 saturated heterocycles. The number of ether oxygens (including phenoxy) is 1. The van der Waals surface area contributed by atoms with Gasteiger partial charge in [-0.05, 0) is 12.5 Å². The Morgan fingerprint density at radius 1 is 1.38 bits per heavy atom. The molecule has 2 nitrogen and oxygen atoms in total. The van der Waals surface area contributed by atoms with E-state index in [2.05, 4.69) is 26.2 Å². The van der Waals surface area contributed by atoms with Crippen LogP contribution in [0.1, 0.15) is 13.3 Å². The van der Waals surface area contributed by atoms with Gasteiger partial charge in [0.2, 0.25) is 0 Å². The molecule has 3 heteroatoms. The van der Waals surface area contributed by atoms with E-state index < -0.39 is 8.07 Å². The van der Waals surface area contributed by atoms with E-state index in [9.17, 15) is 4.79 Å². The van der Waals surface area contributed by atoms with Crippen molar-refractivity contribution in [2.24, 2.45) is 0 Å². The van der Waals surface area contributed by atoms with Crippen LogP contribution in [0.5, 0.6) is 0 Å². The molecule has 0 fully saturated rings. The Labute approximate surface area is 82.0 Å². The van der Waals surface area contributed by atoms with Crippen molar-refractivity contribution < 1.29 is 9.53 Å². The minimum absolute atomic E-state index is 0.218. The fourth-order valence-corrected chi connectivity index (χ4v) is 2.43. The van der Waals surface area contributed by atoms with Crippen molar-refractivity contribution in [1.82, 2.24) is 0 Å². The summed E-state index contributed by atoms with van der Waals surface area (Å²) < 4.78 is 4.98. The summed E-state index contributed by atoms with van der Waals surface area (Å²) in [6.45, 7) is 12.9. The summed E-state index contributed by atoms with van der Waals surface area (Å²) in [6, 6.07) is 0.829. The molecule has 0 aromatic heterocycles. The minimum Gasteiger partial charge on any atom is -0.462 e. The first-order valence-corrected chi connectivity index (χ1v) is 8.42. The van der Waals surface area contributed by atoms with Gasteiger partial charge in [-0.25, -0.2) is 4.79 Å². The third-order valence-electron chi connectivity index (χ3n) is 1.47. The molecule has 0 aromatic rings. The fraction of sp³-hybridized carbons (Fsp3) is 0.700. The van der Waals surface area contributed by atoms with Crippen LogP contribution in [-0.2, 0) is 9.53 Å². The Bertz CT molecular complexity index is 192. The van der Waals surface area contributed by atoms with E-state index in [0.717, 1.165) is 12.5 Å². The molecule has 0 saturated carbocycles. The van der Waals surface area contributed by atoms with E-state index in [1.54, 1.807) is 0 Å². The lowest BCUT2D eigenvalue weighted by Gasteiger charge is -2.16. The highest BCUT2D eigenvalue weighted by Gasteiger charge is 2.19. The molecule has 0 radical (unpaired) electrons. The van der Waals surface area contributed by atoms with E-state index in [-0.39, 0.29) is 5.97 Å². The van der Waals surface area contributed by atoms with Crippen LogP contribution in [0.15, 0.2) is 12.2 Å².